The zero-order valence-electron chi connectivity index (χ0n) is 11.1. The van der Waals surface area contributed by atoms with Gasteiger partial charge in [-0.3, -0.25) is 9.59 Å². The van der Waals surface area contributed by atoms with Gasteiger partial charge in [-0.05, 0) is 12.1 Å². The van der Waals surface area contributed by atoms with Crippen molar-refractivity contribution < 1.29 is 9.21 Å². The van der Waals surface area contributed by atoms with Gasteiger partial charge >= 0.3 is 0 Å². The van der Waals surface area contributed by atoms with Crippen molar-refractivity contribution in [3.63, 3.8) is 0 Å². The van der Waals surface area contributed by atoms with Crippen molar-refractivity contribution in [2.24, 2.45) is 0 Å². The maximum absolute atomic E-state index is 12.1. The average molecular weight is 309 g/mol. The van der Waals surface area contributed by atoms with E-state index < -0.39 is 5.56 Å². The topological polar surface area (TPSA) is 82.4 Å². The Balaban J connectivity index is 1.69. The Morgan fingerprint density at radius 3 is 2.76 bits per heavy atom. The average Bonchev–Trinajstić information content (AvgIpc) is 3.04. The van der Waals surface area contributed by atoms with Crippen LogP contribution in [0.3, 0.4) is 0 Å². The standard InChI is InChI=1S/C13H13ClN4O3/c14-11-9(8-15-16-12(11)19)17-3-5-18(6-4-17)13(20)10-2-1-7-21-10/h1-2,7-8H,3-6H2,(H,16,19). The van der Waals surface area contributed by atoms with Crippen LogP contribution in [0.5, 0.6) is 0 Å². The number of aromatic amines is 1. The van der Waals surface area contributed by atoms with E-state index in [2.05, 4.69) is 10.2 Å². The van der Waals surface area contributed by atoms with Crippen LogP contribution in [-0.2, 0) is 0 Å². The van der Waals surface area contributed by atoms with Gasteiger partial charge in [0.15, 0.2) is 5.76 Å². The van der Waals surface area contributed by atoms with Crippen LogP contribution in [-0.4, -0.2) is 47.2 Å². The SMILES string of the molecule is O=C(c1ccco1)N1CCN(c2cn[nH]c(=O)c2Cl)CC1. The van der Waals surface area contributed by atoms with Gasteiger partial charge in [-0.25, -0.2) is 5.10 Å². The number of piperazine rings is 1. The summed E-state index contributed by atoms with van der Waals surface area (Å²) >= 11 is 5.99. The third kappa shape index (κ3) is 2.64. The van der Waals surface area contributed by atoms with E-state index >= 15 is 0 Å². The van der Waals surface area contributed by atoms with E-state index in [4.69, 9.17) is 16.0 Å². The fraction of sp³-hybridized carbons (Fsp3) is 0.308. The third-order valence-electron chi connectivity index (χ3n) is 3.42. The minimum atomic E-state index is -0.414. The molecule has 0 unspecified atom stereocenters. The van der Waals surface area contributed by atoms with E-state index in [1.54, 1.807) is 17.0 Å². The van der Waals surface area contributed by atoms with Crippen molar-refractivity contribution in [2.75, 3.05) is 31.1 Å². The van der Waals surface area contributed by atoms with E-state index in [9.17, 15) is 9.59 Å². The maximum Gasteiger partial charge on any atom is 0.289 e. The number of halogens is 1. The molecule has 0 aliphatic carbocycles. The lowest BCUT2D eigenvalue weighted by molar-refractivity contribution is 0.0714. The summed E-state index contributed by atoms with van der Waals surface area (Å²) in [7, 11) is 0. The lowest BCUT2D eigenvalue weighted by atomic mass is 10.2. The molecule has 7 nitrogen and oxygen atoms in total. The molecule has 1 saturated heterocycles. The molecule has 3 rings (SSSR count). The van der Waals surface area contributed by atoms with Gasteiger partial charge in [0.25, 0.3) is 11.5 Å². The molecule has 0 spiro atoms. The van der Waals surface area contributed by atoms with Crippen LogP contribution < -0.4 is 10.5 Å². The molecule has 0 atom stereocenters. The molecule has 0 bridgehead atoms. The number of hydrogen-bond acceptors (Lipinski definition) is 5. The van der Waals surface area contributed by atoms with Gasteiger partial charge in [0.1, 0.15) is 5.02 Å². The molecule has 21 heavy (non-hydrogen) atoms. The first-order valence-electron chi connectivity index (χ1n) is 6.48. The summed E-state index contributed by atoms with van der Waals surface area (Å²) in [5, 5.41) is 6.16. The van der Waals surface area contributed by atoms with Crippen molar-refractivity contribution >= 4 is 23.2 Å². The summed E-state index contributed by atoms with van der Waals surface area (Å²) in [6.07, 6.45) is 3.00. The smallest absolute Gasteiger partial charge is 0.289 e. The largest absolute Gasteiger partial charge is 0.459 e. The fourth-order valence-electron chi connectivity index (χ4n) is 2.30. The van der Waals surface area contributed by atoms with Gasteiger partial charge in [0, 0.05) is 26.2 Å². The van der Waals surface area contributed by atoms with Crippen LogP contribution in [0.1, 0.15) is 10.6 Å². The lowest BCUT2D eigenvalue weighted by Crippen LogP contribution is -2.49. The second-order valence-corrected chi connectivity index (χ2v) is 5.03. The molecule has 3 heterocycles. The monoisotopic (exact) mass is 308 g/mol. The van der Waals surface area contributed by atoms with Crippen LogP contribution in [0.25, 0.3) is 0 Å². The molecular formula is C13H13ClN4O3. The van der Waals surface area contributed by atoms with Crippen molar-refractivity contribution in [1.82, 2.24) is 15.1 Å². The van der Waals surface area contributed by atoms with E-state index in [1.165, 1.54) is 12.5 Å². The number of amides is 1. The number of carbonyl (C=O) groups is 1. The molecule has 2 aromatic rings. The van der Waals surface area contributed by atoms with Crippen molar-refractivity contribution in [1.29, 1.82) is 0 Å². The predicted octanol–water partition coefficient (Wildman–Crippen LogP) is 0.979. The highest BCUT2D eigenvalue weighted by atomic mass is 35.5. The van der Waals surface area contributed by atoms with Gasteiger partial charge in [-0.2, -0.15) is 5.10 Å². The first kappa shape index (κ1) is 13.7. The third-order valence-corrected chi connectivity index (χ3v) is 3.78. The zero-order valence-corrected chi connectivity index (χ0v) is 11.8. The Morgan fingerprint density at radius 2 is 2.10 bits per heavy atom. The Bertz CT molecular complexity index is 690. The molecule has 1 N–H and O–H groups in total. The van der Waals surface area contributed by atoms with Crippen LogP contribution in [0, 0.1) is 0 Å². The van der Waals surface area contributed by atoms with Crippen molar-refractivity contribution in [2.45, 2.75) is 0 Å². The van der Waals surface area contributed by atoms with Gasteiger partial charge < -0.3 is 14.2 Å². The minimum Gasteiger partial charge on any atom is -0.459 e. The molecule has 0 aromatic carbocycles. The number of rotatable bonds is 2. The second kappa shape index (κ2) is 5.61. The van der Waals surface area contributed by atoms with Gasteiger partial charge in [0.2, 0.25) is 0 Å². The summed E-state index contributed by atoms with van der Waals surface area (Å²) in [5.41, 5.74) is 0.175. The number of carbonyl (C=O) groups excluding carboxylic acids is 1. The first-order chi connectivity index (χ1) is 10.2. The van der Waals surface area contributed by atoms with Gasteiger partial charge in [-0.15, -0.1) is 0 Å². The number of nitrogens with zero attached hydrogens (tertiary/aromatic N) is 3. The van der Waals surface area contributed by atoms with E-state index in [1.807, 2.05) is 4.90 Å². The maximum atomic E-state index is 12.1. The summed E-state index contributed by atoms with van der Waals surface area (Å²) in [6.45, 7) is 2.22. The highest BCUT2D eigenvalue weighted by Crippen LogP contribution is 2.22. The molecule has 110 valence electrons. The number of aromatic nitrogens is 2. The number of H-pyrrole nitrogens is 1. The molecule has 0 saturated carbocycles. The molecule has 1 aliphatic rings. The normalized spacial score (nSPS) is 15.3. The van der Waals surface area contributed by atoms with Crippen LogP contribution >= 0.6 is 11.6 Å². The summed E-state index contributed by atoms with van der Waals surface area (Å²) in [5.74, 6) is 0.203. The molecule has 1 fully saturated rings. The van der Waals surface area contributed by atoms with E-state index in [-0.39, 0.29) is 10.9 Å². The number of anilines is 1. The molecule has 0 radical (unpaired) electrons. The fourth-order valence-corrected chi connectivity index (χ4v) is 2.51. The Hall–Kier alpha value is -2.28. The Labute approximate surface area is 125 Å². The van der Waals surface area contributed by atoms with Gasteiger partial charge in [-0.1, -0.05) is 11.6 Å². The summed E-state index contributed by atoms with van der Waals surface area (Å²) in [6, 6.07) is 3.33. The van der Waals surface area contributed by atoms with Gasteiger partial charge in [0.05, 0.1) is 18.1 Å². The Kier molecular flexibility index (Phi) is 3.66. The predicted molar refractivity (Wildman–Crippen MR) is 76.7 cm³/mol. The quantitative estimate of drug-likeness (QED) is 0.894. The molecule has 8 heteroatoms. The summed E-state index contributed by atoms with van der Waals surface area (Å²) < 4.78 is 5.11. The second-order valence-electron chi connectivity index (χ2n) is 4.65. The van der Waals surface area contributed by atoms with Crippen LogP contribution in [0.4, 0.5) is 5.69 Å². The minimum absolute atomic E-state index is 0.121. The highest BCUT2D eigenvalue weighted by Gasteiger charge is 2.25. The van der Waals surface area contributed by atoms with Crippen molar-refractivity contribution in [3.05, 3.63) is 45.7 Å². The van der Waals surface area contributed by atoms with Crippen LogP contribution in [0.15, 0.2) is 33.8 Å². The molecule has 2 aromatic heterocycles. The number of furan rings is 1. The van der Waals surface area contributed by atoms with Crippen molar-refractivity contribution in [3.8, 4) is 0 Å². The van der Waals surface area contributed by atoms with Crippen LogP contribution in [0.2, 0.25) is 5.02 Å². The van der Waals surface area contributed by atoms with E-state index in [0.717, 1.165) is 0 Å². The summed E-state index contributed by atoms with van der Waals surface area (Å²) in [4.78, 5) is 27.3. The van der Waals surface area contributed by atoms with E-state index in [0.29, 0.717) is 37.6 Å². The molecule has 1 amide bonds. The Morgan fingerprint density at radius 1 is 1.33 bits per heavy atom. The highest BCUT2D eigenvalue weighted by molar-refractivity contribution is 6.33. The zero-order chi connectivity index (χ0) is 14.8. The first-order valence-corrected chi connectivity index (χ1v) is 6.85. The molecule has 1 aliphatic heterocycles. The molecular weight excluding hydrogens is 296 g/mol. The number of hydrogen-bond donors (Lipinski definition) is 1. The lowest BCUT2D eigenvalue weighted by Gasteiger charge is -2.35. The number of nitrogens with one attached hydrogen (secondary N) is 1.